The minimum Gasteiger partial charge on any atom is -0.484 e. The highest BCUT2D eigenvalue weighted by molar-refractivity contribution is 5.78. The number of rotatable bonds is 6. The SMILES string of the molecule is CC[C@@H](NC(=O)COc1cc(C)cc(C)c1)c1ccc(C)cc1. The van der Waals surface area contributed by atoms with Crippen molar-refractivity contribution in [2.75, 3.05) is 6.61 Å². The Bertz CT molecular complexity index is 642. The van der Waals surface area contributed by atoms with Gasteiger partial charge < -0.3 is 10.1 Å². The fourth-order valence-electron chi connectivity index (χ4n) is 2.62. The van der Waals surface area contributed by atoms with Gasteiger partial charge in [-0.3, -0.25) is 4.79 Å². The highest BCUT2D eigenvalue weighted by Gasteiger charge is 2.13. The van der Waals surface area contributed by atoms with Gasteiger partial charge in [-0.25, -0.2) is 0 Å². The lowest BCUT2D eigenvalue weighted by Crippen LogP contribution is -2.32. The molecule has 0 aliphatic rings. The molecule has 0 aliphatic carbocycles. The first-order valence-electron chi connectivity index (χ1n) is 8.05. The van der Waals surface area contributed by atoms with Crippen LogP contribution in [0.2, 0.25) is 0 Å². The number of hydrogen-bond acceptors (Lipinski definition) is 2. The number of hydrogen-bond donors (Lipinski definition) is 1. The number of aryl methyl sites for hydroxylation is 3. The molecule has 0 heterocycles. The first kappa shape index (κ1) is 17.1. The van der Waals surface area contributed by atoms with Gasteiger partial charge in [0, 0.05) is 0 Å². The fourth-order valence-corrected chi connectivity index (χ4v) is 2.62. The zero-order chi connectivity index (χ0) is 16.8. The van der Waals surface area contributed by atoms with Gasteiger partial charge in [-0.05, 0) is 56.0 Å². The van der Waals surface area contributed by atoms with Crippen LogP contribution in [0.1, 0.15) is 41.6 Å². The number of carbonyl (C=O) groups excluding carboxylic acids is 1. The van der Waals surface area contributed by atoms with E-state index in [0.717, 1.165) is 28.9 Å². The van der Waals surface area contributed by atoms with Crippen LogP contribution >= 0.6 is 0 Å². The van der Waals surface area contributed by atoms with Crippen LogP contribution in [0.4, 0.5) is 0 Å². The molecule has 0 spiro atoms. The predicted octanol–water partition coefficient (Wildman–Crippen LogP) is 4.26. The summed E-state index contributed by atoms with van der Waals surface area (Å²) >= 11 is 0. The summed E-state index contributed by atoms with van der Waals surface area (Å²) in [5.74, 6) is 0.637. The van der Waals surface area contributed by atoms with E-state index in [2.05, 4.69) is 49.5 Å². The van der Waals surface area contributed by atoms with Gasteiger partial charge in [0.05, 0.1) is 6.04 Å². The number of amides is 1. The summed E-state index contributed by atoms with van der Waals surface area (Å²) in [6, 6.07) is 14.2. The van der Waals surface area contributed by atoms with Crippen molar-refractivity contribution >= 4 is 5.91 Å². The molecule has 0 saturated carbocycles. The Morgan fingerprint density at radius 3 is 2.17 bits per heavy atom. The summed E-state index contributed by atoms with van der Waals surface area (Å²) in [6.45, 7) is 8.19. The third kappa shape index (κ3) is 5.13. The molecule has 1 atom stereocenters. The van der Waals surface area contributed by atoms with Crippen molar-refractivity contribution in [3.8, 4) is 5.75 Å². The van der Waals surface area contributed by atoms with E-state index in [0.29, 0.717) is 0 Å². The quantitative estimate of drug-likeness (QED) is 0.865. The lowest BCUT2D eigenvalue weighted by Gasteiger charge is -2.18. The molecule has 122 valence electrons. The summed E-state index contributed by atoms with van der Waals surface area (Å²) in [5.41, 5.74) is 4.60. The Kier molecular flexibility index (Phi) is 5.80. The lowest BCUT2D eigenvalue weighted by atomic mass is 10.0. The highest BCUT2D eigenvalue weighted by Crippen LogP contribution is 2.18. The Morgan fingerprint density at radius 2 is 1.61 bits per heavy atom. The van der Waals surface area contributed by atoms with Gasteiger partial charge in [0.1, 0.15) is 5.75 Å². The average molecular weight is 311 g/mol. The van der Waals surface area contributed by atoms with Crippen molar-refractivity contribution in [2.24, 2.45) is 0 Å². The van der Waals surface area contributed by atoms with Crippen LogP contribution in [0.5, 0.6) is 5.75 Å². The normalized spacial score (nSPS) is 11.8. The first-order chi connectivity index (χ1) is 11.0. The van der Waals surface area contributed by atoms with E-state index in [9.17, 15) is 4.79 Å². The van der Waals surface area contributed by atoms with Gasteiger partial charge in [0.15, 0.2) is 6.61 Å². The second-order valence-electron chi connectivity index (χ2n) is 6.05. The average Bonchev–Trinajstić information content (AvgIpc) is 2.51. The molecule has 0 aliphatic heterocycles. The standard InChI is InChI=1S/C20H25NO2/c1-5-19(17-8-6-14(2)7-9-17)21-20(22)13-23-18-11-15(3)10-16(4)12-18/h6-12,19H,5,13H2,1-4H3,(H,21,22)/t19-/m1/s1. The van der Waals surface area contributed by atoms with Crippen molar-refractivity contribution < 1.29 is 9.53 Å². The van der Waals surface area contributed by atoms with Crippen molar-refractivity contribution in [1.82, 2.24) is 5.32 Å². The fraction of sp³-hybridized carbons (Fsp3) is 0.350. The van der Waals surface area contributed by atoms with Gasteiger partial charge in [-0.15, -0.1) is 0 Å². The molecule has 2 aromatic rings. The van der Waals surface area contributed by atoms with Crippen LogP contribution in [0.25, 0.3) is 0 Å². The molecular weight excluding hydrogens is 286 g/mol. The maximum absolute atomic E-state index is 12.2. The molecule has 0 fully saturated rings. The maximum atomic E-state index is 12.2. The molecule has 23 heavy (non-hydrogen) atoms. The minimum absolute atomic E-state index is 0.0194. The monoisotopic (exact) mass is 311 g/mol. The molecule has 3 nitrogen and oxygen atoms in total. The van der Waals surface area contributed by atoms with E-state index in [1.165, 1.54) is 5.56 Å². The van der Waals surface area contributed by atoms with Crippen molar-refractivity contribution in [2.45, 2.75) is 40.2 Å². The van der Waals surface area contributed by atoms with Crippen LogP contribution in [-0.2, 0) is 4.79 Å². The Hall–Kier alpha value is -2.29. The van der Waals surface area contributed by atoms with Gasteiger partial charge in [0.25, 0.3) is 5.91 Å². The van der Waals surface area contributed by atoms with E-state index in [4.69, 9.17) is 4.74 Å². The van der Waals surface area contributed by atoms with Crippen LogP contribution in [-0.4, -0.2) is 12.5 Å². The second kappa shape index (κ2) is 7.82. The molecule has 2 rings (SSSR count). The topological polar surface area (TPSA) is 38.3 Å². The molecular formula is C20H25NO2. The van der Waals surface area contributed by atoms with Crippen LogP contribution in [0.3, 0.4) is 0 Å². The summed E-state index contributed by atoms with van der Waals surface area (Å²) in [4.78, 5) is 12.2. The Labute approximate surface area is 138 Å². The van der Waals surface area contributed by atoms with Crippen molar-refractivity contribution in [3.63, 3.8) is 0 Å². The van der Waals surface area contributed by atoms with E-state index in [1.807, 2.05) is 26.0 Å². The molecule has 0 unspecified atom stereocenters. The van der Waals surface area contributed by atoms with Gasteiger partial charge in [-0.2, -0.15) is 0 Å². The molecule has 0 aromatic heterocycles. The van der Waals surface area contributed by atoms with Crippen molar-refractivity contribution in [3.05, 3.63) is 64.7 Å². The summed E-state index contributed by atoms with van der Waals surface area (Å²) in [6.07, 6.45) is 0.846. The molecule has 0 bridgehead atoms. The molecule has 0 saturated heterocycles. The van der Waals surface area contributed by atoms with Crippen LogP contribution in [0, 0.1) is 20.8 Å². The second-order valence-corrected chi connectivity index (χ2v) is 6.05. The van der Waals surface area contributed by atoms with Gasteiger partial charge in [0.2, 0.25) is 0 Å². The number of nitrogens with one attached hydrogen (secondary N) is 1. The number of benzene rings is 2. The molecule has 2 aromatic carbocycles. The van der Waals surface area contributed by atoms with E-state index >= 15 is 0 Å². The summed E-state index contributed by atoms with van der Waals surface area (Å²) < 4.78 is 5.62. The van der Waals surface area contributed by atoms with E-state index in [-0.39, 0.29) is 18.6 Å². The zero-order valence-electron chi connectivity index (χ0n) is 14.3. The molecule has 1 amide bonds. The van der Waals surface area contributed by atoms with Gasteiger partial charge >= 0.3 is 0 Å². The minimum atomic E-state index is -0.100. The Balaban J connectivity index is 1.93. The van der Waals surface area contributed by atoms with Gasteiger partial charge in [-0.1, -0.05) is 42.8 Å². The summed E-state index contributed by atoms with van der Waals surface area (Å²) in [7, 11) is 0. The smallest absolute Gasteiger partial charge is 0.258 e. The zero-order valence-corrected chi connectivity index (χ0v) is 14.3. The molecule has 1 N–H and O–H groups in total. The van der Waals surface area contributed by atoms with E-state index < -0.39 is 0 Å². The van der Waals surface area contributed by atoms with Crippen molar-refractivity contribution in [1.29, 1.82) is 0 Å². The summed E-state index contributed by atoms with van der Waals surface area (Å²) in [5, 5.41) is 3.04. The van der Waals surface area contributed by atoms with E-state index in [1.54, 1.807) is 0 Å². The Morgan fingerprint density at radius 1 is 1.00 bits per heavy atom. The largest absolute Gasteiger partial charge is 0.484 e. The third-order valence-corrected chi connectivity index (χ3v) is 3.79. The third-order valence-electron chi connectivity index (χ3n) is 3.79. The number of carbonyl (C=O) groups is 1. The molecule has 3 heteroatoms. The first-order valence-corrected chi connectivity index (χ1v) is 8.05. The maximum Gasteiger partial charge on any atom is 0.258 e. The van der Waals surface area contributed by atoms with Crippen LogP contribution < -0.4 is 10.1 Å². The predicted molar refractivity (Wildman–Crippen MR) is 93.8 cm³/mol. The van der Waals surface area contributed by atoms with Crippen LogP contribution in [0.15, 0.2) is 42.5 Å². The highest BCUT2D eigenvalue weighted by atomic mass is 16.5. The lowest BCUT2D eigenvalue weighted by molar-refractivity contribution is -0.123. The molecule has 0 radical (unpaired) electrons. The number of ether oxygens (including phenoxy) is 1.